The van der Waals surface area contributed by atoms with E-state index in [9.17, 15) is 4.79 Å². The minimum Gasteiger partial charge on any atom is -0.496 e. The second-order valence-corrected chi connectivity index (χ2v) is 7.38. The molecule has 0 N–H and O–H groups in total. The third-order valence-electron chi connectivity index (χ3n) is 4.40. The number of para-hydroxylation sites is 1. The van der Waals surface area contributed by atoms with Gasteiger partial charge in [-0.2, -0.15) is 0 Å². The Morgan fingerprint density at radius 3 is 2.75 bits per heavy atom. The van der Waals surface area contributed by atoms with Crippen LogP contribution in [0.4, 0.5) is 0 Å². The van der Waals surface area contributed by atoms with Gasteiger partial charge in [-0.25, -0.2) is 0 Å². The molecule has 3 rings (SSSR count). The first-order valence-corrected chi connectivity index (χ1v) is 9.94. The van der Waals surface area contributed by atoms with Gasteiger partial charge in [0.2, 0.25) is 0 Å². The maximum atomic E-state index is 12.7. The van der Waals surface area contributed by atoms with Crippen molar-refractivity contribution in [2.45, 2.75) is 25.5 Å². The molecule has 5 nitrogen and oxygen atoms in total. The number of Topliss-reactive ketones (excluding diaryl/α,β-unsaturated/α-hetero) is 1. The topological polar surface area (TPSA) is 57.0 Å². The van der Waals surface area contributed by atoms with Crippen molar-refractivity contribution in [1.82, 2.24) is 14.8 Å². The molecule has 0 spiro atoms. The van der Waals surface area contributed by atoms with Crippen LogP contribution in [0.1, 0.15) is 21.5 Å². The summed E-state index contributed by atoms with van der Waals surface area (Å²) in [5.74, 6) is 1.80. The molecule has 0 atom stereocenters. The Balaban J connectivity index is 1.87. The van der Waals surface area contributed by atoms with E-state index in [1.807, 2.05) is 60.9 Å². The number of ether oxygens (including phenoxy) is 1. The van der Waals surface area contributed by atoms with E-state index in [0.717, 1.165) is 28.0 Å². The maximum Gasteiger partial charge on any atom is 0.192 e. The summed E-state index contributed by atoms with van der Waals surface area (Å²) in [6, 6.07) is 13.6. The van der Waals surface area contributed by atoms with E-state index in [0.29, 0.717) is 23.3 Å². The molecule has 144 valence electrons. The summed E-state index contributed by atoms with van der Waals surface area (Å²) in [4.78, 5) is 12.7. The molecule has 3 aromatic rings. The Labute approximate surface area is 169 Å². The summed E-state index contributed by atoms with van der Waals surface area (Å²) < 4.78 is 7.40. The Morgan fingerprint density at radius 1 is 1.21 bits per heavy atom. The van der Waals surface area contributed by atoms with Crippen molar-refractivity contribution >= 4 is 17.5 Å². The molecule has 0 radical (unpaired) electrons. The number of hydrogen-bond acceptors (Lipinski definition) is 5. The Morgan fingerprint density at radius 2 is 2.00 bits per heavy atom. The van der Waals surface area contributed by atoms with Gasteiger partial charge >= 0.3 is 0 Å². The molecule has 6 heteroatoms. The quantitative estimate of drug-likeness (QED) is 0.315. The zero-order valence-corrected chi connectivity index (χ0v) is 17.1. The fourth-order valence-corrected chi connectivity index (χ4v) is 3.79. The van der Waals surface area contributed by atoms with Crippen LogP contribution < -0.4 is 4.74 Å². The molecule has 0 fully saturated rings. The van der Waals surface area contributed by atoms with E-state index in [4.69, 9.17) is 4.74 Å². The van der Waals surface area contributed by atoms with Gasteiger partial charge in [0.25, 0.3) is 0 Å². The van der Waals surface area contributed by atoms with Crippen LogP contribution in [0.2, 0.25) is 0 Å². The van der Waals surface area contributed by atoms with E-state index in [1.54, 1.807) is 13.2 Å². The second-order valence-electron chi connectivity index (χ2n) is 6.44. The van der Waals surface area contributed by atoms with Crippen molar-refractivity contribution in [1.29, 1.82) is 0 Å². The standard InChI is InChI=1S/C22H23N3O2S/c1-5-12-25-21(17-8-6-7-9-20(17)27-4)23-24-22(25)28-14-19(26)18-13-15(2)10-11-16(18)3/h5-11,13H,1,12,14H2,2-4H3. The lowest BCUT2D eigenvalue weighted by molar-refractivity contribution is 0.102. The SMILES string of the molecule is C=CCn1c(SCC(=O)c2cc(C)ccc2C)nnc1-c1ccccc1OC. The molecule has 0 unspecified atom stereocenters. The smallest absolute Gasteiger partial charge is 0.192 e. The Kier molecular flexibility index (Phi) is 6.31. The molecular formula is C22H23N3O2S. The van der Waals surface area contributed by atoms with Gasteiger partial charge in [-0.1, -0.05) is 47.7 Å². The fourth-order valence-electron chi connectivity index (χ4n) is 2.96. The van der Waals surface area contributed by atoms with Gasteiger partial charge in [-0.05, 0) is 37.6 Å². The fraction of sp³-hybridized carbons (Fsp3) is 0.227. The number of aromatic nitrogens is 3. The number of carbonyl (C=O) groups is 1. The van der Waals surface area contributed by atoms with Crippen LogP contribution in [0.25, 0.3) is 11.4 Å². The van der Waals surface area contributed by atoms with Crippen LogP contribution in [-0.2, 0) is 6.54 Å². The molecular weight excluding hydrogens is 370 g/mol. The summed E-state index contributed by atoms with van der Waals surface area (Å²) in [5.41, 5.74) is 3.67. The van der Waals surface area contributed by atoms with Crippen LogP contribution in [0, 0.1) is 13.8 Å². The van der Waals surface area contributed by atoms with Gasteiger partial charge in [0.15, 0.2) is 16.8 Å². The molecule has 1 aromatic heterocycles. The lowest BCUT2D eigenvalue weighted by Crippen LogP contribution is -2.07. The van der Waals surface area contributed by atoms with Crippen molar-refractivity contribution in [3.63, 3.8) is 0 Å². The number of methoxy groups -OCH3 is 1. The van der Waals surface area contributed by atoms with Gasteiger partial charge in [0.1, 0.15) is 5.75 Å². The highest BCUT2D eigenvalue weighted by Gasteiger charge is 2.18. The number of thioether (sulfide) groups is 1. The van der Waals surface area contributed by atoms with Crippen molar-refractivity contribution in [3.05, 3.63) is 71.8 Å². The first-order chi connectivity index (χ1) is 13.5. The number of rotatable bonds is 8. The summed E-state index contributed by atoms with van der Waals surface area (Å²) in [7, 11) is 1.63. The number of ketones is 1. The largest absolute Gasteiger partial charge is 0.496 e. The van der Waals surface area contributed by atoms with Crippen LogP contribution in [0.15, 0.2) is 60.3 Å². The molecule has 0 aliphatic heterocycles. The predicted molar refractivity (Wildman–Crippen MR) is 113 cm³/mol. The van der Waals surface area contributed by atoms with Gasteiger partial charge in [-0.3, -0.25) is 9.36 Å². The number of aryl methyl sites for hydroxylation is 2. The third kappa shape index (κ3) is 4.17. The Bertz CT molecular complexity index is 1010. The minimum atomic E-state index is 0.0817. The first-order valence-electron chi connectivity index (χ1n) is 8.96. The normalized spacial score (nSPS) is 10.7. The lowest BCUT2D eigenvalue weighted by atomic mass is 10.0. The number of allylic oxidation sites excluding steroid dienone is 1. The van der Waals surface area contributed by atoms with E-state index in [-0.39, 0.29) is 5.78 Å². The molecule has 0 aliphatic carbocycles. The lowest BCUT2D eigenvalue weighted by Gasteiger charge is -2.11. The molecule has 0 saturated carbocycles. The average Bonchev–Trinajstić information content (AvgIpc) is 3.10. The highest BCUT2D eigenvalue weighted by Crippen LogP contribution is 2.31. The van der Waals surface area contributed by atoms with Crippen LogP contribution >= 0.6 is 11.8 Å². The van der Waals surface area contributed by atoms with E-state index in [2.05, 4.69) is 16.8 Å². The van der Waals surface area contributed by atoms with E-state index < -0.39 is 0 Å². The van der Waals surface area contributed by atoms with Gasteiger partial charge in [0.05, 0.1) is 18.4 Å². The van der Waals surface area contributed by atoms with Crippen molar-refractivity contribution < 1.29 is 9.53 Å². The summed E-state index contributed by atoms with van der Waals surface area (Å²) >= 11 is 1.38. The molecule has 0 saturated heterocycles. The zero-order chi connectivity index (χ0) is 20.1. The highest BCUT2D eigenvalue weighted by atomic mass is 32.2. The summed E-state index contributed by atoms with van der Waals surface area (Å²) in [6.45, 7) is 8.32. The number of carbonyl (C=O) groups excluding carboxylic acids is 1. The molecule has 0 bridgehead atoms. The molecule has 1 heterocycles. The van der Waals surface area contributed by atoms with Crippen molar-refractivity contribution in [3.8, 4) is 17.1 Å². The van der Waals surface area contributed by atoms with Crippen LogP contribution in [0.3, 0.4) is 0 Å². The second kappa shape index (κ2) is 8.89. The van der Waals surface area contributed by atoms with E-state index in [1.165, 1.54) is 11.8 Å². The number of benzene rings is 2. The summed E-state index contributed by atoms with van der Waals surface area (Å²) in [5, 5.41) is 9.34. The molecule has 0 amide bonds. The van der Waals surface area contributed by atoms with Gasteiger partial charge in [0, 0.05) is 12.1 Å². The van der Waals surface area contributed by atoms with Crippen LogP contribution in [-0.4, -0.2) is 33.4 Å². The molecule has 2 aromatic carbocycles. The predicted octanol–water partition coefficient (Wildman–Crippen LogP) is 4.73. The Hall–Kier alpha value is -2.86. The first kappa shape index (κ1) is 19.9. The van der Waals surface area contributed by atoms with Crippen LogP contribution in [0.5, 0.6) is 5.75 Å². The number of nitrogens with zero attached hydrogens (tertiary/aromatic N) is 3. The van der Waals surface area contributed by atoms with Crippen molar-refractivity contribution in [2.24, 2.45) is 0 Å². The van der Waals surface area contributed by atoms with Crippen molar-refractivity contribution in [2.75, 3.05) is 12.9 Å². The van der Waals surface area contributed by atoms with Gasteiger partial charge in [-0.15, -0.1) is 16.8 Å². The number of hydrogen-bond donors (Lipinski definition) is 0. The minimum absolute atomic E-state index is 0.0817. The van der Waals surface area contributed by atoms with E-state index >= 15 is 0 Å². The molecule has 28 heavy (non-hydrogen) atoms. The maximum absolute atomic E-state index is 12.7. The van der Waals surface area contributed by atoms with Gasteiger partial charge < -0.3 is 4.74 Å². The highest BCUT2D eigenvalue weighted by molar-refractivity contribution is 7.99. The molecule has 0 aliphatic rings. The monoisotopic (exact) mass is 393 g/mol. The average molecular weight is 394 g/mol. The zero-order valence-electron chi connectivity index (χ0n) is 16.3. The third-order valence-corrected chi connectivity index (χ3v) is 5.37. The summed E-state index contributed by atoms with van der Waals surface area (Å²) in [6.07, 6.45) is 1.79.